The third kappa shape index (κ3) is 2.96. The highest BCUT2D eigenvalue weighted by molar-refractivity contribution is 7.90. The molecule has 104 valence electrons. The number of carbonyl (C=O) groups is 1. The van der Waals surface area contributed by atoms with E-state index < -0.39 is 21.3 Å². The van der Waals surface area contributed by atoms with Crippen LogP contribution in [-0.4, -0.2) is 31.8 Å². The molecule has 0 radical (unpaired) electrons. The van der Waals surface area contributed by atoms with Crippen molar-refractivity contribution in [3.63, 3.8) is 0 Å². The third-order valence-electron chi connectivity index (χ3n) is 3.36. The Morgan fingerprint density at radius 1 is 1.32 bits per heavy atom. The van der Waals surface area contributed by atoms with E-state index in [1.165, 1.54) is 12.1 Å². The summed E-state index contributed by atoms with van der Waals surface area (Å²) >= 11 is 0. The van der Waals surface area contributed by atoms with Crippen LogP contribution < -0.4 is 5.32 Å². The number of sulfone groups is 1. The van der Waals surface area contributed by atoms with Crippen LogP contribution in [0.15, 0.2) is 29.2 Å². The molecule has 0 aliphatic heterocycles. The largest absolute Gasteiger partial charge is 0.480 e. The molecule has 19 heavy (non-hydrogen) atoms. The van der Waals surface area contributed by atoms with E-state index in [0.29, 0.717) is 5.56 Å². The molecule has 1 unspecified atom stereocenters. The van der Waals surface area contributed by atoms with Crippen LogP contribution in [-0.2, 0) is 20.2 Å². The quantitative estimate of drug-likeness (QED) is 0.846. The number of aliphatic carboxylic acids is 1. The van der Waals surface area contributed by atoms with E-state index >= 15 is 0 Å². The van der Waals surface area contributed by atoms with Gasteiger partial charge in [-0.25, -0.2) is 13.2 Å². The summed E-state index contributed by atoms with van der Waals surface area (Å²) in [7, 11) is -3.26. The summed E-state index contributed by atoms with van der Waals surface area (Å²) in [5, 5.41) is 12.5. The lowest BCUT2D eigenvalue weighted by atomic mass is 9.92. The Balaban J connectivity index is 2.34. The highest BCUT2D eigenvalue weighted by Crippen LogP contribution is 2.29. The third-order valence-corrected chi connectivity index (χ3v) is 4.49. The minimum Gasteiger partial charge on any atom is -0.480 e. The van der Waals surface area contributed by atoms with Gasteiger partial charge in [0.1, 0.15) is 5.54 Å². The van der Waals surface area contributed by atoms with Crippen LogP contribution in [0.2, 0.25) is 0 Å². The van der Waals surface area contributed by atoms with Crippen molar-refractivity contribution in [3.05, 3.63) is 29.8 Å². The van der Waals surface area contributed by atoms with Crippen LogP contribution in [0.4, 0.5) is 0 Å². The van der Waals surface area contributed by atoms with Gasteiger partial charge in [-0.05, 0) is 37.5 Å². The molecule has 0 saturated heterocycles. The number of carboxylic acids is 1. The Morgan fingerprint density at radius 2 is 1.84 bits per heavy atom. The highest BCUT2D eigenvalue weighted by Gasteiger charge is 2.40. The predicted molar refractivity (Wildman–Crippen MR) is 70.7 cm³/mol. The average Bonchev–Trinajstić information content (AvgIpc) is 3.11. The summed E-state index contributed by atoms with van der Waals surface area (Å²) in [6.07, 6.45) is 3.08. The van der Waals surface area contributed by atoms with Gasteiger partial charge in [-0.2, -0.15) is 0 Å². The van der Waals surface area contributed by atoms with Crippen LogP contribution in [0, 0.1) is 0 Å². The van der Waals surface area contributed by atoms with Gasteiger partial charge in [0.05, 0.1) is 4.90 Å². The standard InChI is InChI=1S/C13H17NO4S/c1-13(12(15)16,14-10-5-6-10)9-3-7-11(8-4-9)19(2,17)18/h3-4,7-8,10,14H,5-6H2,1-2H3,(H,15,16). The molecule has 2 N–H and O–H groups in total. The van der Waals surface area contributed by atoms with E-state index in [1.54, 1.807) is 19.1 Å². The van der Waals surface area contributed by atoms with E-state index in [1.807, 2.05) is 0 Å². The Bertz CT molecular complexity index is 590. The van der Waals surface area contributed by atoms with E-state index in [9.17, 15) is 18.3 Å². The van der Waals surface area contributed by atoms with Crippen molar-refractivity contribution in [1.82, 2.24) is 5.32 Å². The first kappa shape index (κ1) is 14.0. The molecule has 0 amide bonds. The summed E-state index contributed by atoms with van der Waals surface area (Å²) in [4.78, 5) is 11.7. The number of hydrogen-bond acceptors (Lipinski definition) is 4. The van der Waals surface area contributed by atoms with Crippen molar-refractivity contribution >= 4 is 15.8 Å². The number of hydrogen-bond donors (Lipinski definition) is 2. The molecule has 1 fully saturated rings. The SMILES string of the molecule is CC(NC1CC1)(C(=O)O)c1ccc(S(C)(=O)=O)cc1. The fraction of sp³-hybridized carbons (Fsp3) is 0.462. The Kier molecular flexibility index (Phi) is 3.40. The summed E-state index contributed by atoms with van der Waals surface area (Å²) < 4.78 is 22.8. The molecule has 1 aliphatic carbocycles. The molecular formula is C13H17NO4S. The highest BCUT2D eigenvalue weighted by atomic mass is 32.2. The van der Waals surface area contributed by atoms with Crippen molar-refractivity contribution in [2.45, 2.75) is 36.2 Å². The zero-order valence-corrected chi connectivity index (χ0v) is 11.7. The van der Waals surface area contributed by atoms with Gasteiger partial charge in [-0.1, -0.05) is 12.1 Å². The number of rotatable bonds is 5. The molecule has 1 aromatic carbocycles. The average molecular weight is 283 g/mol. The van der Waals surface area contributed by atoms with Gasteiger partial charge in [0.15, 0.2) is 9.84 Å². The summed E-state index contributed by atoms with van der Waals surface area (Å²) in [6, 6.07) is 6.23. The maximum Gasteiger partial charge on any atom is 0.328 e. The van der Waals surface area contributed by atoms with Gasteiger partial charge in [-0.3, -0.25) is 5.32 Å². The van der Waals surface area contributed by atoms with Gasteiger partial charge in [-0.15, -0.1) is 0 Å². The molecule has 5 nitrogen and oxygen atoms in total. The van der Waals surface area contributed by atoms with Crippen LogP contribution >= 0.6 is 0 Å². The van der Waals surface area contributed by atoms with Crippen LogP contribution in [0.25, 0.3) is 0 Å². The van der Waals surface area contributed by atoms with Gasteiger partial charge in [0.2, 0.25) is 0 Å². The predicted octanol–water partition coefficient (Wildman–Crippen LogP) is 1.14. The van der Waals surface area contributed by atoms with Gasteiger partial charge < -0.3 is 5.11 Å². The Labute approximate surface area is 112 Å². The molecule has 1 aromatic rings. The first-order chi connectivity index (χ1) is 8.73. The van der Waals surface area contributed by atoms with E-state index in [-0.39, 0.29) is 10.9 Å². The van der Waals surface area contributed by atoms with E-state index in [2.05, 4.69) is 5.32 Å². The maximum absolute atomic E-state index is 11.5. The smallest absolute Gasteiger partial charge is 0.328 e. The lowest BCUT2D eigenvalue weighted by molar-refractivity contribution is -0.144. The normalized spacial score (nSPS) is 18.8. The van der Waals surface area contributed by atoms with Crippen molar-refractivity contribution < 1.29 is 18.3 Å². The van der Waals surface area contributed by atoms with Crippen LogP contribution in [0.5, 0.6) is 0 Å². The Morgan fingerprint density at radius 3 is 2.21 bits per heavy atom. The Hall–Kier alpha value is -1.40. The molecule has 0 heterocycles. The lowest BCUT2D eigenvalue weighted by Gasteiger charge is -2.27. The van der Waals surface area contributed by atoms with E-state index in [4.69, 9.17) is 0 Å². The van der Waals surface area contributed by atoms with Crippen molar-refractivity contribution in [1.29, 1.82) is 0 Å². The van der Waals surface area contributed by atoms with Gasteiger partial charge in [0, 0.05) is 12.3 Å². The van der Waals surface area contributed by atoms with Crippen LogP contribution in [0.3, 0.4) is 0 Å². The molecule has 0 aromatic heterocycles. The number of nitrogens with one attached hydrogen (secondary N) is 1. The lowest BCUT2D eigenvalue weighted by Crippen LogP contribution is -2.47. The summed E-state index contributed by atoms with van der Waals surface area (Å²) in [5.74, 6) is -0.966. The zero-order valence-electron chi connectivity index (χ0n) is 10.9. The minimum absolute atomic E-state index is 0.190. The molecule has 0 spiro atoms. The fourth-order valence-corrected chi connectivity index (χ4v) is 2.57. The zero-order chi connectivity index (χ0) is 14.3. The minimum atomic E-state index is -3.26. The molecule has 2 rings (SSSR count). The monoisotopic (exact) mass is 283 g/mol. The van der Waals surface area contributed by atoms with Crippen LogP contribution in [0.1, 0.15) is 25.3 Å². The molecule has 1 saturated carbocycles. The number of carboxylic acid groups (broad SMARTS) is 1. The second-order valence-electron chi connectivity index (χ2n) is 5.15. The molecule has 1 aliphatic rings. The van der Waals surface area contributed by atoms with Gasteiger partial charge >= 0.3 is 5.97 Å². The first-order valence-corrected chi connectivity index (χ1v) is 7.94. The fourth-order valence-electron chi connectivity index (χ4n) is 1.94. The number of benzene rings is 1. The molecule has 6 heteroatoms. The summed E-state index contributed by atoms with van der Waals surface area (Å²) in [5.41, 5.74) is -0.628. The van der Waals surface area contributed by atoms with Crippen molar-refractivity contribution in [2.24, 2.45) is 0 Å². The maximum atomic E-state index is 11.5. The van der Waals surface area contributed by atoms with E-state index in [0.717, 1.165) is 19.1 Å². The van der Waals surface area contributed by atoms with Crippen molar-refractivity contribution in [3.8, 4) is 0 Å². The van der Waals surface area contributed by atoms with Gasteiger partial charge in [0.25, 0.3) is 0 Å². The first-order valence-electron chi connectivity index (χ1n) is 6.05. The molecule has 1 atom stereocenters. The summed E-state index contributed by atoms with van der Waals surface area (Å²) in [6.45, 7) is 1.60. The molecule has 0 bridgehead atoms. The second-order valence-corrected chi connectivity index (χ2v) is 7.16. The molecular weight excluding hydrogens is 266 g/mol. The van der Waals surface area contributed by atoms with Crippen molar-refractivity contribution in [2.75, 3.05) is 6.26 Å². The topological polar surface area (TPSA) is 83.5 Å². The second kappa shape index (κ2) is 4.61.